The van der Waals surface area contributed by atoms with Gasteiger partial charge in [0.2, 0.25) is 10.0 Å². The summed E-state index contributed by atoms with van der Waals surface area (Å²) in [4.78, 5) is 14.9. The van der Waals surface area contributed by atoms with Crippen molar-refractivity contribution in [3.63, 3.8) is 0 Å². The highest BCUT2D eigenvalue weighted by Gasteiger charge is 2.42. The van der Waals surface area contributed by atoms with Crippen LogP contribution >= 0.6 is 0 Å². The normalized spacial score (nSPS) is 24.2. The number of nitrogens with zero attached hydrogens (tertiary/aromatic N) is 2. The van der Waals surface area contributed by atoms with Crippen molar-refractivity contribution in [3.05, 3.63) is 60.2 Å². The molecule has 2 aromatic rings. The number of carbonyl (C=O) groups excluding carboxylic acids is 1. The summed E-state index contributed by atoms with van der Waals surface area (Å²) < 4.78 is 34.2. The minimum Gasteiger partial charge on any atom is -0.487 e. The minimum absolute atomic E-state index is 0.0247. The van der Waals surface area contributed by atoms with Gasteiger partial charge in [-0.05, 0) is 30.7 Å². The summed E-state index contributed by atoms with van der Waals surface area (Å²) in [5.74, 6) is 0.375. The van der Waals surface area contributed by atoms with E-state index in [0.717, 1.165) is 0 Å². The van der Waals surface area contributed by atoms with Crippen molar-refractivity contribution in [2.75, 3.05) is 19.6 Å². The highest BCUT2D eigenvalue weighted by molar-refractivity contribution is 7.89. The number of hydrogen-bond donors (Lipinski definition) is 0. The highest BCUT2D eigenvalue weighted by atomic mass is 32.2. The Bertz CT molecular complexity index is 961. The number of fused-ring (bicyclic) bond motifs is 2. The van der Waals surface area contributed by atoms with Crippen molar-refractivity contribution in [1.29, 1.82) is 0 Å². The van der Waals surface area contributed by atoms with Crippen LogP contribution < -0.4 is 4.74 Å². The first-order valence-electron chi connectivity index (χ1n) is 9.64. The number of para-hydroxylation sites is 1. The first kappa shape index (κ1) is 19.0. The molecule has 0 bridgehead atoms. The Labute approximate surface area is 165 Å². The standard InChI is InChI=1S/C21H24N2O4S/c1-2-23-17-12-14-22(21(24)16-8-4-3-5-9-16)15-13-18(17)27-19-10-6-7-11-20(19)28(23,25)26/h3-11,17-18H,2,12-15H2,1H3/t17-,18-/m1/s1. The predicted octanol–water partition coefficient (Wildman–Crippen LogP) is 2.76. The maximum Gasteiger partial charge on any atom is 0.253 e. The monoisotopic (exact) mass is 400 g/mol. The molecule has 4 rings (SSSR count). The van der Waals surface area contributed by atoms with E-state index in [9.17, 15) is 13.2 Å². The summed E-state index contributed by atoms with van der Waals surface area (Å²) in [7, 11) is -3.64. The van der Waals surface area contributed by atoms with E-state index < -0.39 is 10.0 Å². The molecule has 0 N–H and O–H groups in total. The number of amides is 1. The van der Waals surface area contributed by atoms with Gasteiger partial charge in [-0.2, -0.15) is 4.31 Å². The molecule has 0 saturated carbocycles. The third-order valence-electron chi connectivity index (χ3n) is 5.51. The number of sulfonamides is 1. The first-order chi connectivity index (χ1) is 13.5. The van der Waals surface area contributed by atoms with Crippen LogP contribution in [0.2, 0.25) is 0 Å². The Morgan fingerprint density at radius 2 is 1.71 bits per heavy atom. The van der Waals surface area contributed by atoms with Crippen molar-refractivity contribution in [3.8, 4) is 5.75 Å². The van der Waals surface area contributed by atoms with E-state index in [1.807, 2.05) is 25.1 Å². The number of ether oxygens (including phenoxy) is 1. The van der Waals surface area contributed by atoms with Gasteiger partial charge < -0.3 is 9.64 Å². The Morgan fingerprint density at radius 1 is 1.04 bits per heavy atom. The van der Waals surface area contributed by atoms with Crippen LogP contribution in [0.3, 0.4) is 0 Å². The van der Waals surface area contributed by atoms with Crippen molar-refractivity contribution in [2.24, 2.45) is 0 Å². The summed E-state index contributed by atoms with van der Waals surface area (Å²) >= 11 is 0. The van der Waals surface area contributed by atoms with Crippen LogP contribution in [0, 0.1) is 0 Å². The second-order valence-corrected chi connectivity index (χ2v) is 8.97. The lowest BCUT2D eigenvalue weighted by atomic mass is 10.1. The fraction of sp³-hybridized carbons (Fsp3) is 0.381. The smallest absolute Gasteiger partial charge is 0.253 e. The van der Waals surface area contributed by atoms with Gasteiger partial charge >= 0.3 is 0 Å². The Kier molecular flexibility index (Phi) is 5.12. The molecule has 0 aromatic heterocycles. The van der Waals surface area contributed by atoms with Crippen molar-refractivity contribution < 1.29 is 17.9 Å². The van der Waals surface area contributed by atoms with E-state index in [-0.39, 0.29) is 22.9 Å². The molecule has 28 heavy (non-hydrogen) atoms. The molecule has 0 spiro atoms. The fourth-order valence-corrected chi connectivity index (χ4v) is 5.94. The van der Waals surface area contributed by atoms with E-state index in [1.165, 1.54) is 0 Å². The minimum atomic E-state index is -3.64. The molecule has 0 aliphatic carbocycles. The second-order valence-electron chi connectivity index (χ2n) is 7.11. The molecule has 2 heterocycles. The van der Waals surface area contributed by atoms with E-state index in [4.69, 9.17) is 4.74 Å². The molecule has 0 radical (unpaired) electrons. The summed E-state index contributed by atoms with van der Waals surface area (Å²) in [5.41, 5.74) is 0.649. The molecule has 6 nitrogen and oxygen atoms in total. The average Bonchev–Trinajstić information content (AvgIpc) is 2.96. The van der Waals surface area contributed by atoms with Gasteiger partial charge in [-0.3, -0.25) is 4.79 Å². The van der Waals surface area contributed by atoms with Gasteiger partial charge in [0.05, 0.1) is 6.04 Å². The average molecular weight is 401 g/mol. The van der Waals surface area contributed by atoms with Gasteiger partial charge in [-0.25, -0.2) is 8.42 Å². The lowest BCUT2D eigenvalue weighted by Gasteiger charge is -2.30. The van der Waals surface area contributed by atoms with Crippen LogP contribution in [-0.4, -0.2) is 55.3 Å². The second kappa shape index (κ2) is 7.56. The first-order valence-corrected chi connectivity index (χ1v) is 11.1. The fourth-order valence-electron chi connectivity index (χ4n) is 4.13. The van der Waals surface area contributed by atoms with Gasteiger partial charge in [0, 0.05) is 31.6 Å². The Morgan fingerprint density at radius 3 is 2.46 bits per heavy atom. The molecule has 1 fully saturated rings. The van der Waals surface area contributed by atoms with Crippen LogP contribution in [0.25, 0.3) is 0 Å². The maximum atomic E-state index is 13.2. The quantitative estimate of drug-likeness (QED) is 0.778. The molecule has 2 aromatic carbocycles. The van der Waals surface area contributed by atoms with Crippen LogP contribution in [0.5, 0.6) is 5.75 Å². The molecule has 0 unspecified atom stereocenters. The molecule has 2 aliphatic heterocycles. The third-order valence-corrected chi connectivity index (χ3v) is 7.55. The molecular weight excluding hydrogens is 376 g/mol. The Hall–Kier alpha value is -2.38. The van der Waals surface area contributed by atoms with Crippen LogP contribution in [0.4, 0.5) is 0 Å². The lowest BCUT2D eigenvalue weighted by Crippen LogP contribution is -2.47. The number of carbonyl (C=O) groups is 1. The number of benzene rings is 2. The van der Waals surface area contributed by atoms with Gasteiger partial charge in [-0.1, -0.05) is 37.3 Å². The molecule has 7 heteroatoms. The Balaban J connectivity index is 1.64. The number of hydrogen-bond acceptors (Lipinski definition) is 4. The van der Waals surface area contributed by atoms with E-state index in [1.54, 1.807) is 45.6 Å². The van der Waals surface area contributed by atoms with Crippen molar-refractivity contribution in [1.82, 2.24) is 9.21 Å². The summed E-state index contributed by atoms with van der Waals surface area (Å²) in [6.07, 6.45) is 0.848. The lowest BCUT2D eigenvalue weighted by molar-refractivity contribution is 0.0755. The molecular formula is C21H24N2O4S. The predicted molar refractivity (Wildman–Crippen MR) is 106 cm³/mol. The summed E-state index contributed by atoms with van der Waals surface area (Å²) in [6.45, 7) is 3.25. The van der Waals surface area contributed by atoms with Crippen LogP contribution in [0.15, 0.2) is 59.5 Å². The molecule has 2 atom stereocenters. The van der Waals surface area contributed by atoms with Gasteiger partial charge in [0.1, 0.15) is 16.7 Å². The number of likely N-dealkylation sites (N-methyl/N-ethyl adjacent to an activating group) is 1. The van der Waals surface area contributed by atoms with Gasteiger partial charge in [0.15, 0.2) is 0 Å². The van der Waals surface area contributed by atoms with Gasteiger partial charge in [0.25, 0.3) is 5.91 Å². The molecule has 1 saturated heterocycles. The van der Waals surface area contributed by atoms with Gasteiger partial charge in [-0.15, -0.1) is 0 Å². The SMILES string of the molecule is CCN1[C@@H]2CCN(C(=O)c3ccccc3)CC[C@H]2Oc2ccccc2S1(=O)=O. The molecule has 1 amide bonds. The van der Waals surface area contributed by atoms with Crippen molar-refractivity contribution in [2.45, 2.75) is 36.8 Å². The number of rotatable bonds is 2. The molecule has 2 aliphatic rings. The highest BCUT2D eigenvalue weighted by Crippen LogP contribution is 2.36. The molecule has 148 valence electrons. The van der Waals surface area contributed by atoms with Crippen molar-refractivity contribution >= 4 is 15.9 Å². The zero-order valence-corrected chi connectivity index (χ0v) is 16.6. The number of likely N-dealkylation sites (tertiary alicyclic amines) is 1. The zero-order valence-electron chi connectivity index (χ0n) is 15.8. The van der Waals surface area contributed by atoms with E-state index in [2.05, 4.69) is 0 Å². The van der Waals surface area contributed by atoms with Crippen LogP contribution in [-0.2, 0) is 10.0 Å². The third kappa shape index (κ3) is 3.29. The van der Waals surface area contributed by atoms with E-state index in [0.29, 0.717) is 43.8 Å². The zero-order chi connectivity index (χ0) is 19.7. The topological polar surface area (TPSA) is 66.9 Å². The van der Waals surface area contributed by atoms with Crippen LogP contribution in [0.1, 0.15) is 30.1 Å². The summed E-state index contributed by atoms with van der Waals surface area (Å²) in [6, 6.07) is 15.7. The van der Waals surface area contributed by atoms with E-state index >= 15 is 0 Å². The maximum absolute atomic E-state index is 13.2. The largest absolute Gasteiger partial charge is 0.487 e. The summed E-state index contributed by atoms with van der Waals surface area (Å²) in [5, 5.41) is 0.